The maximum absolute atomic E-state index is 10.5. The van der Waals surface area contributed by atoms with Crippen LogP contribution in [-0.2, 0) is 4.79 Å². The predicted octanol–water partition coefficient (Wildman–Crippen LogP) is 0.710. The van der Waals surface area contributed by atoms with Gasteiger partial charge in [-0.05, 0) is 13.8 Å². The van der Waals surface area contributed by atoms with Crippen molar-refractivity contribution in [3.05, 3.63) is 4.91 Å². The largest absolute Gasteiger partial charge is 0.481 e. The lowest BCUT2D eigenvalue weighted by atomic mass is 9.94. The standard InChI is InChI=1S/C6H12N2O3/c1-6(2,5(9)10)4-8(3)7-11/h4H2,1-3H3,(H,9,10). The summed E-state index contributed by atoms with van der Waals surface area (Å²) in [5.41, 5.74) is -0.928. The zero-order valence-electron chi connectivity index (χ0n) is 6.87. The van der Waals surface area contributed by atoms with Crippen molar-refractivity contribution in [1.82, 2.24) is 5.01 Å². The zero-order chi connectivity index (χ0) is 9.07. The molecule has 0 atom stereocenters. The molecule has 5 nitrogen and oxygen atoms in total. The number of hydrogen-bond acceptors (Lipinski definition) is 3. The number of carboxylic acid groups (broad SMARTS) is 1. The maximum Gasteiger partial charge on any atom is 0.310 e. The van der Waals surface area contributed by atoms with Gasteiger partial charge >= 0.3 is 5.97 Å². The number of carboxylic acids is 1. The van der Waals surface area contributed by atoms with Crippen LogP contribution in [0.3, 0.4) is 0 Å². The molecule has 0 heterocycles. The SMILES string of the molecule is CN(CC(C)(C)C(=O)O)N=O. The molecule has 11 heavy (non-hydrogen) atoms. The Labute approximate surface area is 64.9 Å². The first kappa shape index (κ1) is 9.87. The number of carbonyl (C=O) groups is 1. The Morgan fingerprint density at radius 1 is 1.64 bits per heavy atom. The van der Waals surface area contributed by atoms with Crippen molar-refractivity contribution >= 4 is 5.97 Å². The van der Waals surface area contributed by atoms with E-state index in [4.69, 9.17) is 5.11 Å². The number of rotatable bonds is 4. The van der Waals surface area contributed by atoms with Crippen LogP contribution in [0.15, 0.2) is 5.29 Å². The highest BCUT2D eigenvalue weighted by Crippen LogP contribution is 2.15. The van der Waals surface area contributed by atoms with E-state index in [1.54, 1.807) is 0 Å². The molecule has 1 N–H and O–H groups in total. The first-order chi connectivity index (χ1) is 4.90. The summed E-state index contributed by atoms with van der Waals surface area (Å²) < 4.78 is 0. The van der Waals surface area contributed by atoms with Gasteiger partial charge in [0.05, 0.1) is 17.2 Å². The third-order valence-electron chi connectivity index (χ3n) is 1.34. The van der Waals surface area contributed by atoms with Crippen LogP contribution in [0.2, 0.25) is 0 Å². The highest BCUT2D eigenvalue weighted by atomic mass is 16.4. The van der Waals surface area contributed by atoms with Gasteiger partial charge in [0.1, 0.15) is 0 Å². The number of aliphatic carboxylic acids is 1. The Bertz CT molecular complexity index is 167. The molecule has 64 valence electrons. The van der Waals surface area contributed by atoms with Gasteiger partial charge in [0.15, 0.2) is 0 Å². The van der Waals surface area contributed by atoms with E-state index >= 15 is 0 Å². The third-order valence-corrected chi connectivity index (χ3v) is 1.34. The van der Waals surface area contributed by atoms with Crippen LogP contribution in [-0.4, -0.2) is 29.7 Å². The van der Waals surface area contributed by atoms with Crippen LogP contribution in [0.5, 0.6) is 0 Å². The first-order valence-corrected chi connectivity index (χ1v) is 3.18. The average molecular weight is 160 g/mol. The smallest absolute Gasteiger partial charge is 0.310 e. The molecule has 0 saturated carbocycles. The Hall–Kier alpha value is -1.13. The molecule has 0 rings (SSSR count). The maximum atomic E-state index is 10.5. The summed E-state index contributed by atoms with van der Waals surface area (Å²) in [5.74, 6) is -0.937. The molecule has 0 fully saturated rings. The summed E-state index contributed by atoms with van der Waals surface area (Å²) in [4.78, 5) is 20.4. The van der Waals surface area contributed by atoms with Gasteiger partial charge in [-0.2, -0.15) is 0 Å². The fourth-order valence-electron chi connectivity index (χ4n) is 0.669. The van der Waals surface area contributed by atoms with Crippen LogP contribution in [0.1, 0.15) is 13.8 Å². The van der Waals surface area contributed by atoms with Crippen LogP contribution in [0.25, 0.3) is 0 Å². The second-order valence-electron chi connectivity index (χ2n) is 3.09. The van der Waals surface area contributed by atoms with E-state index in [-0.39, 0.29) is 6.54 Å². The minimum Gasteiger partial charge on any atom is -0.481 e. The van der Waals surface area contributed by atoms with Gasteiger partial charge in [-0.3, -0.25) is 9.80 Å². The lowest BCUT2D eigenvalue weighted by Crippen LogP contribution is -2.34. The Morgan fingerprint density at radius 3 is 2.36 bits per heavy atom. The van der Waals surface area contributed by atoms with Crippen molar-refractivity contribution < 1.29 is 9.90 Å². The van der Waals surface area contributed by atoms with E-state index in [0.717, 1.165) is 5.01 Å². The molecule has 0 aliphatic rings. The van der Waals surface area contributed by atoms with E-state index < -0.39 is 11.4 Å². The molecule has 0 radical (unpaired) electrons. The minimum atomic E-state index is -0.937. The van der Waals surface area contributed by atoms with Gasteiger partial charge in [-0.15, -0.1) is 4.91 Å². The number of nitrogens with zero attached hydrogens (tertiary/aromatic N) is 2. The summed E-state index contributed by atoms with van der Waals surface area (Å²) in [7, 11) is 1.44. The van der Waals surface area contributed by atoms with Gasteiger partial charge in [0, 0.05) is 7.05 Å². The first-order valence-electron chi connectivity index (χ1n) is 3.18. The topological polar surface area (TPSA) is 70.0 Å². The van der Waals surface area contributed by atoms with Gasteiger partial charge in [0.25, 0.3) is 0 Å². The van der Waals surface area contributed by atoms with Crippen LogP contribution in [0.4, 0.5) is 0 Å². The Kier molecular flexibility index (Phi) is 2.98. The van der Waals surface area contributed by atoms with Crippen molar-refractivity contribution in [3.8, 4) is 0 Å². The van der Waals surface area contributed by atoms with Crippen molar-refractivity contribution in [3.63, 3.8) is 0 Å². The molecule has 0 saturated heterocycles. The van der Waals surface area contributed by atoms with Crippen LogP contribution >= 0.6 is 0 Å². The zero-order valence-corrected chi connectivity index (χ0v) is 6.87. The van der Waals surface area contributed by atoms with Gasteiger partial charge in [-0.1, -0.05) is 0 Å². The van der Waals surface area contributed by atoms with E-state index in [0.29, 0.717) is 0 Å². The normalized spacial score (nSPS) is 10.8. The van der Waals surface area contributed by atoms with Crippen LogP contribution < -0.4 is 0 Å². The molecule has 0 aliphatic heterocycles. The van der Waals surface area contributed by atoms with Gasteiger partial charge < -0.3 is 5.11 Å². The molecule has 0 aromatic heterocycles. The summed E-state index contributed by atoms with van der Waals surface area (Å²) in [6, 6.07) is 0. The lowest BCUT2D eigenvalue weighted by Gasteiger charge is -2.21. The lowest BCUT2D eigenvalue weighted by molar-refractivity contribution is -0.147. The molecule has 0 aromatic carbocycles. The molecule has 0 spiro atoms. The van der Waals surface area contributed by atoms with Crippen molar-refractivity contribution in [1.29, 1.82) is 0 Å². The second kappa shape index (κ2) is 3.32. The number of hydrogen-bond donors (Lipinski definition) is 1. The molecule has 0 aliphatic carbocycles. The Balaban J connectivity index is 4.11. The highest BCUT2D eigenvalue weighted by molar-refractivity contribution is 5.73. The van der Waals surface area contributed by atoms with Crippen LogP contribution in [0, 0.1) is 10.3 Å². The highest BCUT2D eigenvalue weighted by Gasteiger charge is 2.28. The summed E-state index contributed by atoms with van der Waals surface area (Å²) in [5, 5.41) is 12.3. The van der Waals surface area contributed by atoms with Crippen molar-refractivity contribution in [2.75, 3.05) is 13.6 Å². The average Bonchev–Trinajstić information content (AvgIpc) is 1.86. The quantitative estimate of drug-likeness (QED) is 0.485. The molecule has 0 amide bonds. The predicted molar refractivity (Wildman–Crippen MR) is 39.8 cm³/mol. The summed E-state index contributed by atoms with van der Waals surface area (Å²) >= 11 is 0. The Morgan fingerprint density at radius 2 is 2.09 bits per heavy atom. The molecule has 5 heteroatoms. The fourth-order valence-corrected chi connectivity index (χ4v) is 0.669. The summed E-state index contributed by atoms with van der Waals surface area (Å²) in [6.07, 6.45) is 0. The third kappa shape index (κ3) is 2.97. The monoisotopic (exact) mass is 160 g/mol. The van der Waals surface area contributed by atoms with E-state index in [1.165, 1.54) is 20.9 Å². The van der Waals surface area contributed by atoms with E-state index in [9.17, 15) is 9.70 Å². The van der Waals surface area contributed by atoms with Crippen molar-refractivity contribution in [2.45, 2.75) is 13.8 Å². The number of nitroso groups, excluding NO2 is 1. The van der Waals surface area contributed by atoms with Gasteiger partial charge in [-0.25, -0.2) is 0 Å². The van der Waals surface area contributed by atoms with Gasteiger partial charge in [0.2, 0.25) is 0 Å². The molecule has 0 bridgehead atoms. The van der Waals surface area contributed by atoms with E-state index in [2.05, 4.69) is 5.29 Å². The van der Waals surface area contributed by atoms with E-state index in [1.807, 2.05) is 0 Å². The molecule has 0 aromatic rings. The molecular formula is C6H12N2O3. The molecule has 0 unspecified atom stereocenters. The fraction of sp³-hybridized carbons (Fsp3) is 0.833. The second-order valence-corrected chi connectivity index (χ2v) is 3.09. The van der Waals surface area contributed by atoms with Crippen molar-refractivity contribution in [2.24, 2.45) is 10.7 Å². The minimum absolute atomic E-state index is 0.117. The molecular weight excluding hydrogens is 148 g/mol. The summed E-state index contributed by atoms with van der Waals surface area (Å²) in [6.45, 7) is 3.19.